The first-order chi connectivity index (χ1) is 12.2. The average Bonchev–Trinajstić information content (AvgIpc) is 3.08. The molecule has 2 aliphatic rings. The largest absolute Gasteiger partial charge is 0.493 e. The zero-order chi connectivity index (χ0) is 17.6. The van der Waals surface area contributed by atoms with Gasteiger partial charge in [-0.15, -0.1) is 0 Å². The number of β-amino-alcohol motifs (C(OH)–C–C–N with tert-alkyl or cyclic N) is 1. The molecule has 1 aliphatic carbocycles. The van der Waals surface area contributed by atoms with E-state index in [-0.39, 0.29) is 6.10 Å². The molecule has 1 unspecified atom stereocenters. The number of nitrogens with zero attached hydrogens (tertiary/aromatic N) is 1. The molecule has 3 atom stereocenters. The van der Waals surface area contributed by atoms with E-state index in [1.807, 2.05) is 12.1 Å². The molecule has 0 spiro atoms. The number of aliphatic hydroxyl groups excluding tert-OH is 1. The topological polar surface area (TPSA) is 51.2 Å². The molecule has 25 heavy (non-hydrogen) atoms. The number of benzene rings is 1. The highest BCUT2D eigenvalue weighted by Crippen LogP contribution is 2.30. The van der Waals surface area contributed by atoms with Gasteiger partial charge in [0.25, 0.3) is 0 Å². The second-order valence-electron chi connectivity index (χ2n) is 7.14. The highest BCUT2D eigenvalue weighted by molar-refractivity contribution is 5.42. The molecule has 1 heterocycles. The van der Waals surface area contributed by atoms with Crippen molar-refractivity contribution in [2.24, 2.45) is 0 Å². The van der Waals surface area contributed by atoms with E-state index in [1.165, 1.54) is 24.8 Å². The molecular weight excluding hydrogens is 318 g/mol. The van der Waals surface area contributed by atoms with Crippen molar-refractivity contribution < 1.29 is 19.3 Å². The summed E-state index contributed by atoms with van der Waals surface area (Å²) < 4.78 is 16.9. The molecule has 1 saturated carbocycles. The molecule has 5 heteroatoms. The molecule has 0 bridgehead atoms. The van der Waals surface area contributed by atoms with Gasteiger partial charge in [0.1, 0.15) is 0 Å². The second kappa shape index (κ2) is 8.88. The van der Waals surface area contributed by atoms with Crippen LogP contribution in [0.5, 0.6) is 11.5 Å². The maximum atomic E-state index is 9.83. The van der Waals surface area contributed by atoms with Crippen LogP contribution in [-0.2, 0) is 11.2 Å². The Hall–Kier alpha value is -1.30. The van der Waals surface area contributed by atoms with Crippen LogP contribution in [0, 0.1) is 0 Å². The number of hydrogen-bond donors (Lipinski definition) is 1. The molecule has 0 aromatic heterocycles. The lowest BCUT2D eigenvalue weighted by molar-refractivity contribution is -0.0316. The second-order valence-corrected chi connectivity index (χ2v) is 7.14. The van der Waals surface area contributed by atoms with E-state index in [1.54, 1.807) is 14.2 Å². The average molecular weight is 349 g/mol. The van der Waals surface area contributed by atoms with Crippen molar-refractivity contribution in [1.82, 2.24) is 4.90 Å². The van der Waals surface area contributed by atoms with Crippen LogP contribution < -0.4 is 9.47 Å². The lowest BCUT2D eigenvalue weighted by atomic mass is 9.91. The molecule has 1 aliphatic heterocycles. The summed E-state index contributed by atoms with van der Waals surface area (Å²) >= 11 is 0. The minimum Gasteiger partial charge on any atom is -0.493 e. The summed E-state index contributed by atoms with van der Waals surface area (Å²) in [5, 5.41) is 9.83. The standard InChI is InChI=1S/C20H31NO4/c1-23-19-8-7-15(13-20(19)24-2)10-12-25-18-6-4-3-5-17(18)21-11-9-16(22)14-21/h7-8,13,16-18,22H,3-6,9-12,14H2,1-2H3/t16?,17-,18-/m1/s1. The van der Waals surface area contributed by atoms with Gasteiger partial charge in [0.05, 0.1) is 33.0 Å². The van der Waals surface area contributed by atoms with Crippen molar-refractivity contribution in [2.75, 3.05) is 33.9 Å². The van der Waals surface area contributed by atoms with Crippen LogP contribution in [0.3, 0.4) is 0 Å². The van der Waals surface area contributed by atoms with Crippen LogP contribution in [0.4, 0.5) is 0 Å². The maximum Gasteiger partial charge on any atom is 0.160 e. The van der Waals surface area contributed by atoms with Crippen molar-refractivity contribution in [3.8, 4) is 11.5 Å². The maximum absolute atomic E-state index is 9.83. The van der Waals surface area contributed by atoms with Crippen molar-refractivity contribution in [3.63, 3.8) is 0 Å². The number of aliphatic hydroxyl groups is 1. The number of hydrogen-bond acceptors (Lipinski definition) is 5. The molecular formula is C20H31NO4. The first kappa shape index (κ1) is 18.5. The van der Waals surface area contributed by atoms with Gasteiger partial charge in [-0.2, -0.15) is 0 Å². The first-order valence-corrected chi connectivity index (χ1v) is 9.46. The summed E-state index contributed by atoms with van der Waals surface area (Å²) in [4.78, 5) is 2.44. The van der Waals surface area contributed by atoms with Crippen LogP contribution in [-0.4, -0.2) is 62.2 Å². The lowest BCUT2D eigenvalue weighted by Gasteiger charge is -2.37. The molecule has 2 fully saturated rings. The Labute approximate surface area is 150 Å². The Morgan fingerprint density at radius 1 is 1.08 bits per heavy atom. The molecule has 1 aromatic rings. The van der Waals surface area contributed by atoms with Gasteiger partial charge in [-0.25, -0.2) is 0 Å². The van der Waals surface area contributed by atoms with Crippen molar-refractivity contribution in [3.05, 3.63) is 23.8 Å². The number of ether oxygens (including phenoxy) is 3. The quantitative estimate of drug-likeness (QED) is 0.820. The van der Waals surface area contributed by atoms with E-state index in [0.717, 1.165) is 43.9 Å². The minimum absolute atomic E-state index is 0.158. The van der Waals surface area contributed by atoms with Gasteiger partial charge in [0, 0.05) is 19.1 Å². The molecule has 1 N–H and O–H groups in total. The van der Waals surface area contributed by atoms with Gasteiger partial charge in [0.15, 0.2) is 11.5 Å². The summed E-state index contributed by atoms with van der Waals surface area (Å²) in [5.41, 5.74) is 1.20. The minimum atomic E-state index is -0.158. The van der Waals surface area contributed by atoms with Gasteiger partial charge in [-0.1, -0.05) is 18.9 Å². The van der Waals surface area contributed by atoms with E-state index in [9.17, 15) is 5.11 Å². The van der Waals surface area contributed by atoms with E-state index < -0.39 is 0 Å². The smallest absolute Gasteiger partial charge is 0.160 e. The molecule has 0 radical (unpaired) electrons. The van der Waals surface area contributed by atoms with Crippen molar-refractivity contribution in [2.45, 2.75) is 56.8 Å². The van der Waals surface area contributed by atoms with Crippen LogP contribution in [0.25, 0.3) is 0 Å². The van der Waals surface area contributed by atoms with Crippen LogP contribution in [0.15, 0.2) is 18.2 Å². The summed E-state index contributed by atoms with van der Waals surface area (Å²) in [6, 6.07) is 6.51. The molecule has 3 rings (SSSR count). The fraction of sp³-hybridized carbons (Fsp3) is 0.700. The highest BCUT2D eigenvalue weighted by atomic mass is 16.5. The van der Waals surface area contributed by atoms with E-state index in [4.69, 9.17) is 14.2 Å². The zero-order valence-electron chi connectivity index (χ0n) is 15.4. The molecule has 140 valence electrons. The van der Waals surface area contributed by atoms with E-state index in [2.05, 4.69) is 11.0 Å². The summed E-state index contributed by atoms with van der Waals surface area (Å²) in [6.45, 7) is 2.52. The number of methoxy groups -OCH3 is 2. The van der Waals surface area contributed by atoms with Gasteiger partial charge in [0.2, 0.25) is 0 Å². The Bertz CT molecular complexity index is 550. The SMILES string of the molecule is COc1ccc(CCO[C@@H]2CCCC[C@H]2N2CCC(O)C2)cc1OC. The summed E-state index contributed by atoms with van der Waals surface area (Å²) in [5.74, 6) is 1.52. The molecule has 1 aromatic carbocycles. The third-order valence-corrected chi connectivity index (χ3v) is 5.50. The van der Waals surface area contributed by atoms with Gasteiger partial charge in [-0.05, 0) is 43.4 Å². The number of likely N-dealkylation sites (tertiary alicyclic amines) is 1. The fourth-order valence-electron chi connectivity index (χ4n) is 4.12. The molecule has 5 nitrogen and oxygen atoms in total. The normalized spacial score (nSPS) is 27.4. The van der Waals surface area contributed by atoms with Crippen LogP contribution >= 0.6 is 0 Å². The van der Waals surface area contributed by atoms with Gasteiger partial charge < -0.3 is 19.3 Å². The molecule has 1 saturated heterocycles. The van der Waals surface area contributed by atoms with Gasteiger partial charge in [-0.3, -0.25) is 4.90 Å². The van der Waals surface area contributed by atoms with Crippen molar-refractivity contribution in [1.29, 1.82) is 0 Å². The Kier molecular flexibility index (Phi) is 6.57. The fourth-order valence-corrected chi connectivity index (χ4v) is 4.12. The monoisotopic (exact) mass is 349 g/mol. The lowest BCUT2D eigenvalue weighted by Crippen LogP contribution is -2.46. The van der Waals surface area contributed by atoms with Crippen LogP contribution in [0.1, 0.15) is 37.7 Å². The van der Waals surface area contributed by atoms with E-state index >= 15 is 0 Å². The van der Waals surface area contributed by atoms with Gasteiger partial charge >= 0.3 is 0 Å². The zero-order valence-corrected chi connectivity index (χ0v) is 15.4. The predicted molar refractivity (Wildman–Crippen MR) is 97.4 cm³/mol. The summed E-state index contributed by atoms with van der Waals surface area (Å²) in [7, 11) is 3.31. The highest BCUT2D eigenvalue weighted by Gasteiger charge is 2.34. The van der Waals surface area contributed by atoms with E-state index in [0.29, 0.717) is 18.8 Å². The Balaban J connectivity index is 1.53. The summed E-state index contributed by atoms with van der Waals surface area (Å²) in [6.07, 6.45) is 6.73. The Morgan fingerprint density at radius 2 is 1.88 bits per heavy atom. The first-order valence-electron chi connectivity index (χ1n) is 9.46. The third kappa shape index (κ3) is 4.66. The van der Waals surface area contributed by atoms with Crippen LogP contribution in [0.2, 0.25) is 0 Å². The predicted octanol–water partition coefficient (Wildman–Crippen LogP) is 2.64. The molecule has 0 amide bonds. The Morgan fingerprint density at radius 3 is 2.60 bits per heavy atom. The third-order valence-electron chi connectivity index (χ3n) is 5.50. The van der Waals surface area contributed by atoms with Crippen molar-refractivity contribution >= 4 is 0 Å². The number of rotatable bonds is 7.